The van der Waals surface area contributed by atoms with Crippen LogP contribution < -0.4 is 0 Å². The average Bonchev–Trinajstić information content (AvgIpc) is 3.35. The summed E-state index contributed by atoms with van der Waals surface area (Å²) in [5, 5.41) is 30.6. The summed E-state index contributed by atoms with van der Waals surface area (Å²) in [6.45, 7) is 4.01. The number of ketones is 1. The van der Waals surface area contributed by atoms with E-state index in [0.29, 0.717) is 19.3 Å². The number of hydrogen-bond donors (Lipinski definition) is 3. The van der Waals surface area contributed by atoms with Gasteiger partial charge in [-0.15, -0.1) is 0 Å². The van der Waals surface area contributed by atoms with Crippen LogP contribution in [0, 0.1) is 11.8 Å². The highest BCUT2D eigenvalue weighted by molar-refractivity contribution is 5.86. The monoisotopic (exact) mass is 695 g/mol. The molecule has 8 heteroatoms. The number of allylic oxidation sites excluding steroid dienone is 1. The number of hydrogen-bond acceptors (Lipinski definition) is 8. The van der Waals surface area contributed by atoms with Crippen molar-refractivity contribution >= 4 is 17.7 Å². The molecule has 0 unspecified atom stereocenters. The Labute approximate surface area is 299 Å². The Morgan fingerprint density at radius 2 is 1.10 bits per heavy atom. The van der Waals surface area contributed by atoms with Gasteiger partial charge in [-0.2, -0.15) is 0 Å². The summed E-state index contributed by atoms with van der Waals surface area (Å²) in [6, 6.07) is 0. The molecule has 8 nitrogen and oxygen atoms in total. The largest absolute Gasteiger partial charge is 0.463 e. The molecule has 0 radical (unpaired) electrons. The van der Waals surface area contributed by atoms with Crippen LogP contribution in [0.3, 0.4) is 0 Å². The minimum absolute atomic E-state index is 0.0365. The Morgan fingerprint density at radius 3 is 1.59 bits per heavy atom. The first-order chi connectivity index (χ1) is 23.8. The maximum absolute atomic E-state index is 12.4. The highest BCUT2D eigenvalue weighted by atomic mass is 16.6. The standard InChI is InChI=1S/C41H74O8/c1-3-5-7-8-9-10-11-12-13-14-15-16-17-18-23-27-40(46)48-32-35(43)33-49-41(47)28-24-20-19-22-26-36-37(39(45)31-38(36)44)30-29-34(42)25-21-6-4-2/h29-30,34-38,42-44H,3-28,31-33H2,1-2H3/b30-29+/t34-,35-,36+,37+,38-/m0/s1. The molecule has 0 heterocycles. The number of carbonyl (C=O) groups excluding carboxylic acids is 3. The fourth-order valence-electron chi connectivity index (χ4n) is 6.76. The Balaban J connectivity index is 2.00. The zero-order chi connectivity index (χ0) is 36.0. The molecule has 1 aliphatic carbocycles. The third kappa shape index (κ3) is 24.9. The highest BCUT2D eigenvalue weighted by Crippen LogP contribution is 2.34. The van der Waals surface area contributed by atoms with E-state index >= 15 is 0 Å². The summed E-state index contributed by atoms with van der Waals surface area (Å²) in [5.41, 5.74) is 0. The van der Waals surface area contributed by atoms with Crippen molar-refractivity contribution in [2.24, 2.45) is 11.8 Å². The molecular weight excluding hydrogens is 620 g/mol. The van der Waals surface area contributed by atoms with Gasteiger partial charge in [-0.25, -0.2) is 0 Å². The van der Waals surface area contributed by atoms with E-state index in [-0.39, 0.29) is 55.6 Å². The van der Waals surface area contributed by atoms with Crippen molar-refractivity contribution in [3.63, 3.8) is 0 Å². The molecule has 5 atom stereocenters. The summed E-state index contributed by atoms with van der Waals surface area (Å²) < 4.78 is 10.3. The third-order valence-corrected chi connectivity index (χ3v) is 9.91. The fourth-order valence-corrected chi connectivity index (χ4v) is 6.76. The van der Waals surface area contributed by atoms with E-state index < -0.39 is 18.3 Å². The lowest BCUT2D eigenvalue weighted by Crippen LogP contribution is -2.25. The van der Waals surface area contributed by atoms with E-state index in [2.05, 4.69) is 13.8 Å². The molecule has 0 aromatic rings. The predicted molar refractivity (Wildman–Crippen MR) is 197 cm³/mol. The third-order valence-electron chi connectivity index (χ3n) is 9.91. The van der Waals surface area contributed by atoms with Crippen LogP contribution in [-0.4, -0.2) is 64.6 Å². The predicted octanol–water partition coefficient (Wildman–Crippen LogP) is 9.10. The lowest BCUT2D eigenvalue weighted by Gasteiger charge is -2.19. The van der Waals surface area contributed by atoms with Gasteiger partial charge in [0.25, 0.3) is 0 Å². The first kappa shape index (κ1) is 45.3. The zero-order valence-corrected chi connectivity index (χ0v) is 31.4. The van der Waals surface area contributed by atoms with E-state index in [0.717, 1.165) is 64.2 Å². The van der Waals surface area contributed by atoms with Gasteiger partial charge in [-0.05, 0) is 31.6 Å². The smallest absolute Gasteiger partial charge is 0.305 e. The van der Waals surface area contributed by atoms with Gasteiger partial charge in [-0.3, -0.25) is 14.4 Å². The SMILES string of the molecule is CCCCCCCCCCCCCCCCCC(=O)OC[C@H](O)COC(=O)CCCCCC[C@H]1[C@@H](O)CC(=O)[C@@H]1/C=C/[C@@H](O)CCCCC. The number of rotatable bonds is 33. The van der Waals surface area contributed by atoms with Crippen LogP contribution >= 0.6 is 0 Å². The van der Waals surface area contributed by atoms with Gasteiger partial charge in [0.05, 0.1) is 12.2 Å². The van der Waals surface area contributed by atoms with E-state index in [1.54, 1.807) is 12.2 Å². The number of unbranched alkanes of at least 4 members (excludes halogenated alkanes) is 19. The summed E-state index contributed by atoms with van der Waals surface area (Å²) in [5.74, 6) is -1.14. The van der Waals surface area contributed by atoms with Crippen LogP contribution in [0.2, 0.25) is 0 Å². The molecule has 0 aliphatic heterocycles. The van der Waals surface area contributed by atoms with Crippen molar-refractivity contribution in [3.8, 4) is 0 Å². The Bertz CT molecular complexity index is 858. The van der Waals surface area contributed by atoms with Crippen LogP contribution in [0.1, 0.15) is 187 Å². The summed E-state index contributed by atoms with van der Waals surface area (Å²) in [6.07, 6.45) is 28.8. The van der Waals surface area contributed by atoms with E-state index in [9.17, 15) is 29.7 Å². The van der Waals surface area contributed by atoms with E-state index in [4.69, 9.17) is 9.47 Å². The van der Waals surface area contributed by atoms with Crippen LogP contribution in [0.15, 0.2) is 12.2 Å². The van der Waals surface area contributed by atoms with Gasteiger partial charge in [0.15, 0.2) is 0 Å². The van der Waals surface area contributed by atoms with Gasteiger partial charge < -0.3 is 24.8 Å². The average molecular weight is 695 g/mol. The Morgan fingerprint density at radius 1 is 0.673 bits per heavy atom. The lowest BCUT2D eigenvalue weighted by molar-refractivity contribution is -0.152. The van der Waals surface area contributed by atoms with Gasteiger partial charge in [0.1, 0.15) is 25.1 Å². The Hall–Kier alpha value is -1.77. The molecule has 0 spiro atoms. The van der Waals surface area contributed by atoms with Gasteiger partial charge >= 0.3 is 11.9 Å². The van der Waals surface area contributed by atoms with Crippen molar-refractivity contribution in [2.45, 2.75) is 206 Å². The first-order valence-corrected chi connectivity index (χ1v) is 20.3. The van der Waals surface area contributed by atoms with Crippen LogP contribution in [-0.2, 0) is 23.9 Å². The maximum Gasteiger partial charge on any atom is 0.305 e. The lowest BCUT2D eigenvalue weighted by atomic mass is 9.88. The molecule has 0 saturated heterocycles. The number of Topliss-reactive ketones (excluding diaryl/α,β-unsaturated/α-hetero) is 1. The van der Waals surface area contributed by atoms with Crippen LogP contribution in [0.4, 0.5) is 0 Å². The van der Waals surface area contributed by atoms with Crippen molar-refractivity contribution < 1.29 is 39.2 Å². The summed E-state index contributed by atoms with van der Waals surface area (Å²) in [4.78, 5) is 36.5. The molecule has 1 saturated carbocycles. The van der Waals surface area contributed by atoms with Crippen molar-refractivity contribution in [1.29, 1.82) is 0 Å². The molecule has 286 valence electrons. The quantitative estimate of drug-likeness (QED) is 0.0352. The van der Waals surface area contributed by atoms with Crippen LogP contribution in [0.25, 0.3) is 0 Å². The molecule has 1 fully saturated rings. The van der Waals surface area contributed by atoms with Crippen molar-refractivity contribution in [2.75, 3.05) is 13.2 Å². The second-order valence-electron chi connectivity index (χ2n) is 14.5. The van der Waals surface area contributed by atoms with E-state index in [1.807, 2.05) is 0 Å². The van der Waals surface area contributed by atoms with Crippen molar-refractivity contribution in [1.82, 2.24) is 0 Å². The maximum atomic E-state index is 12.4. The fraction of sp³-hybridized carbons (Fsp3) is 0.878. The second kappa shape index (κ2) is 31.0. The molecule has 1 rings (SSSR count). The molecule has 0 aromatic carbocycles. The minimum atomic E-state index is -1.03. The number of carbonyl (C=O) groups is 3. The van der Waals surface area contributed by atoms with Crippen LogP contribution in [0.5, 0.6) is 0 Å². The summed E-state index contributed by atoms with van der Waals surface area (Å²) >= 11 is 0. The molecule has 0 amide bonds. The molecule has 1 aliphatic rings. The van der Waals surface area contributed by atoms with E-state index in [1.165, 1.54) is 77.0 Å². The molecule has 49 heavy (non-hydrogen) atoms. The topological polar surface area (TPSA) is 130 Å². The second-order valence-corrected chi connectivity index (χ2v) is 14.5. The first-order valence-electron chi connectivity index (χ1n) is 20.3. The van der Waals surface area contributed by atoms with Gasteiger partial charge in [0, 0.05) is 25.2 Å². The molecule has 3 N–H and O–H groups in total. The highest BCUT2D eigenvalue weighted by Gasteiger charge is 2.39. The van der Waals surface area contributed by atoms with Gasteiger partial charge in [-0.1, -0.05) is 154 Å². The molecule has 0 bridgehead atoms. The van der Waals surface area contributed by atoms with Gasteiger partial charge in [0.2, 0.25) is 0 Å². The molecular formula is C41H74O8. The normalized spacial score (nSPS) is 19.0. The number of aliphatic hydroxyl groups is 3. The number of ether oxygens (including phenoxy) is 2. The minimum Gasteiger partial charge on any atom is -0.463 e. The summed E-state index contributed by atoms with van der Waals surface area (Å²) in [7, 11) is 0. The number of esters is 2. The molecule has 0 aromatic heterocycles. The zero-order valence-electron chi connectivity index (χ0n) is 31.4. The Kier molecular flexibility index (Phi) is 28.6. The van der Waals surface area contributed by atoms with Crippen molar-refractivity contribution in [3.05, 3.63) is 12.2 Å². The number of aliphatic hydroxyl groups excluding tert-OH is 3.